The van der Waals surface area contributed by atoms with Gasteiger partial charge in [-0.1, -0.05) is 0 Å². The zero-order chi connectivity index (χ0) is 13.5. The van der Waals surface area contributed by atoms with Crippen LogP contribution in [0.4, 0.5) is 4.79 Å². The first kappa shape index (κ1) is 14.0. The Labute approximate surface area is 104 Å². The van der Waals surface area contributed by atoms with E-state index in [2.05, 4.69) is 5.32 Å². The second kappa shape index (κ2) is 6.65. The lowest BCUT2D eigenvalue weighted by molar-refractivity contribution is -0.146. The van der Waals surface area contributed by atoms with E-state index in [0.29, 0.717) is 18.8 Å². The van der Waals surface area contributed by atoms with Crippen molar-refractivity contribution in [2.45, 2.75) is 19.6 Å². The smallest absolute Gasteiger partial charge is 0.334 e. The molecule has 1 aromatic rings. The van der Waals surface area contributed by atoms with Crippen molar-refractivity contribution in [3.8, 4) is 0 Å². The standard InChI is InChI=1S/C11H16N2O5/c1-2-13(7-8-4-3-5-18-8)11(17)12-6-9(14)10(15)16/h3-5,9,14H,2,6-7H2,1H3,(H,12,17)(H,15,16)/t9-/m0/s1. The van der Waals surface area contributed by atoms with Crippen molar-refractivity contribution in [3.63, 3.8) is 0 Å². The molecule has 1 atom stereocenters. The summed E-state index contributed by atoms with van der Waals surface area (Å²) in [6, 6.07) is 3.01. The Morgan fingerprint density at radius 3 is 2.78 bits per heavy atom. The molecule has 1 rings (SSSR count). The van der Waals surface area contributed by atoms with E-state index in [0.717, 1.165) is 0 Å². The number of carbonyl (C=O) groups is 2. The van der Waals surface area contributed by atoms with Crippen LogP contribution in [0.3, 0.4) is 0 Å². The maximum absolute atomic E-state index is 11.7. The highest BCUT2D eigenvalue weighted by atomic mass is 16.4. The van der Waals surface area contributed by atoms with Crippen LogP contribution < -0.4 is 5.32 Å². The number of aliphatic hydroxyl groups excluding tert-OH is 1. The number of rotatable bonds is 6. The molecule has 0 aliphatic rings. The van der Waals surface area contributed by atoms with Gasteiger partial charge in [-0.3, -0.25) is 0 Å². The predicted molar refractivity (Wildman–Crippen MR) is 61.8 cm³/mol. The Morgan fingerprint density at radius 2 is 2.28 bits per heavy atom. The van der Waals surface area contributed by atoms with Gasteiger partial charge in [0.2, 0.25) is 0 Å². The van der Waals surface area contributed by atoms with Crippen LogP contribution in [0.5, 0.6) is 0 Å². The maximum Gasteiger partial charge on any atom is 0.334 e. The third kappa shape index (κ3) is 4.10. The number of amides is 2. The van der Waals surface area contributed by atoms with Gasteiger partial charge in [-0.2, -0.15) is 0 Å². The van der Waals surface area contributed by atoms with Crippen LogP contribution in [-0.2, 0) is 11.3 Å². The van der Waals surface area contributed by atoms with Crippen LogP contribution in [0.15, 0.2) is 22.8 Å². The topological polar surface area (TPSA) is 103 Å². The summed E-state index contributed by atoms with van der Waals surface area (Å²) >= 11 is 0. The molecule has 1 heterocycles. The molecule has 0 saturated carbocycles. The molecule has 0 aromatic carbocycles. The van der Waals surface area contributed by atoms with E-state index in [-0.39, 0.29) is 6.54 Å². The van der Waals surface area contributed by atoms with Gasteiger partial charge < -0.3 is 24.8 Å². The third-order valence-electron chi connectivity index (χ3n) is 2.33. The van der Waals surface area contributed by atoms with Crippen LogP contribution >= 0.6 is 0 Å². The van der Waals surface area contributed by atoms with Gasteiger partial charge in [-0.25, -0.2) is 9.59 Å². The lowest BCUT2D eigenvalue weighted by Gasteiger charge is -2.20. The minimum absolute atomic E-state index is 0.290. The zero-order valence-corrected chi connectivity index (χ0v) is 10.00. The van der Waals surface area contributed by atoms with E-state index < -0.39 is 18.1 Å². The molecule has 0 fully saturated rings. The molecule has 1 aromatic heterocycles. The number of urea groups is 1. The summed E-state index contributed by atoms with van der Waals surface area (Å²) in [5.41, 5.74) is 0. The van der Waals surface area contributed by atoms with Gasteiger partial charge in [-0.05, 0) is 19.1 Å². The third-order valence-corrected chi connectivity index (χ3v) is 2.33. The molecular weight excluding hydrogens is 240 g/mol. The zero-order valence-electron chi connectivity index (χ0n) is 10.00. The number of furan rings is 1. The number of aliphatic hydroxyl groups is 1. The first-order valence-corrected chi connectivity index (χ1v) is 5.50. The molecule has 0 aliphatic carbocycles. The number of nitrogens with zero attached hydrogens (tertiary/aromatic N) is 1. The average Bonchev–Trinajstić information content (AvgIpc) is 2.85. The summed E-state index contributed by atoms with van der Waals surface area (Å²) < 4.78 is 5.11. The quantitative estimate of drug-likeness (QED) is 0.677. The van der Waals surface area contributed by atoms with E-state index in [1.165, 1.54) is 11.2 Å². The molecule has 0 radical (unpaired) electrons. The second-order valence-electron chi connectivity index (χ2n) is 3.63. The molecule has 0 bridgehead atoms. The fourth-order valence-corrected chi connectivity index (χ4v) is 1.30. The number of carbonyl (C=O) groups excluding carboxylic acids is 1. The first-order valence-electron chi connectivity index (χ1n) is 5.50. The van der Waals surface area contributed by atoms with E-state index in [4.69, 9.17) is 14.6 Å². The number of aliphatic carboxylic acids is 1. The average molecular weight is 256 g/mol. The Morgan fingerprint density at radius 1 is 1.56 bits per heavy atom. The highest BCUT2D eigenvalue weighted by Gasteiger charge is 2.17. The largest absolute Gasteiger partial charge is 0.479 e. The van der Waals surface area contributed by atoms with Gasteiger partial charge in [0.05, 0.1) is 19.4 Å². The van der Waals surface area contributed by atoms with E-state index in [1.807, 2.05) is 0 Å². The van der Waals surface area contributed by atoms with Crippen molar-refractivity contribution in [2.24, 2.45) is 0 Å². The number of hydrogen-bond donors (Lipinski definition) is 3. The van der Waals surface area contributed by atoms with Gasteiger partial charge in [0.25, 0.3) is 0 Å². The Kier molecular flexibility index (Phi) is 5.19. The van der Waals surface area contributed by atoms with Crippen molar-refractivity contribution < 1.29 is 24.2 Å². The van der Waals surface area contributed by atoms with E-state index in [1.54, 1.807) is 19.1 Å². The summed E-state index contributed by atoms with van der Waals surface area (Å²) in [6.07, 6.45) is -0.0915. The van der Waals surface area contributed by atoms with E-state index >= 15 is 0 Å². The maximum atomic E-state index is 11.7. The normalized spacial score (nSPS) is 11.9. The van der Waals surface area contributed by atoms with Crippen LogP contribution in [-0.4, -0.2) is 46.3 Å². The van der Waals surface area contributed by atoms with Crippen LogP contribution in [0.25, 0.3) is 0 Å². The molecule has 7 heteroatoms. The fraction of sp³-hybridized carbons (Fsp3) is 0.455. The Hall–Kier alpha value is -2.02. The van der Waals surface area contributed by atoms with Crippen LogP contribution in [0.2, 0.25) is 0 Å². The molecule has 0 spiro atoms. The summed E-state index contributed by atoms with van der Waals surface area (Å²) in [5, 5.41) is 19.8. The number of carboxylic acid groups (broad SMARTS) is 1. The van der Waals surface area contributed by atoms with E-state index in [9.17, 15) is 9.59 Å². The summed E-state index contributed by atoms with van der Waals surface area (Å²) in [4.78, 5) is 23.5. The van der Waals surface area contributed by atoms with Crippen LogP contribution in [0, 0.1) is 0 Å². The Bertz CT molecular complexity index is 390. The van der Waals surface area contributed by atoms with Gasteiger partial charge >= 0.3 is 12.0 Å². The van der Waals surface area contributed by atoms with Crippen molar-refractivity contribution in [2.75, 3.05) is 13.1 Å². The fourth-order valence-electron chi connectivity index (χ4n) is 1.30. The molecule has 0 saturated heterocycles. The Balaban J connectivity index is 2.45. The van der Waals surface area contributed by atoms with Gasteiger partial charge in [-0.15, -0.1) is 0 Å². The minimum atomic E-state index is -1.60. The number of carboxylic acids is 1. The van der Waals surface area contributed by atoms with Crippen molar-refractivity contribution in [3.05, 3.63) is 24.2 Å². The SMILES string of the molecule is CCN(Cc1ccco1)C(=O)NC[C@H](O)C(=O)O. The van der Waals surface area contributed by atoms with Gasteiger partial charge in [0.1, 0.15) is 5.76 Å². The molecule has 7 nitrogen and oxygen atoms in total. The first-order chi connectivity index (χ1) is 8.54. The van der Waals surface area contributed by atoms with Crippen LogP contribution in [0.1, 0.15) is 12.7 Å². The van der Waals surface area contributed by atoms with Crippen molar-refractivity contribution in [1.29, 1.82) is 0 Å². The molecule has 100 valence electrons. The molecule has 3 N–H and O–H groups in total. The van der Waals surface area contributed by atoms with Crippen molar-refractivity contribution >= 4 is 12.0 Å². The molecule has 0 aliphatic heterocycles. The molecule has 0 unspecified atom stereocenters. The number of hydrogen-bond acceptors (Lipinski definition) is 4. The highest BCUT2D eigenvalue weighted by Crippen LogP contribution is 2.05. The molecular formula is C11H16N2O5. The minimum Gasteiger partial charge on any atom is -0.479 e. The lowest BCUT2D eigenvalue weighted by atomic mass is 10.3. The monoisotopic (exact) mass is 256 g/mol. The predicted octanol–water partition coefficient (Wildman–Crippen LogP) is 0.257. The summed E-state index contributed by atoms with van der Waals surface area (Å²) in [5.74, 6) is -0.741. The summed E-state index contributed by atoms with van der Waals surface area (Å²) in [6.45, 7) is 2.19. The molecule has 2 amide bonds. The highest BCUT2D eigenvalue weighted by molar-refractivity contribution is 5.76. The number of nitrogens with one attached hydrogen (secondary N) is 1. The second-order valence-corrected chi connectivity index (χ2v) is 3.63. The molecule has 18 heavy (non-hydrogen) atoms. The van der Waals surface area contributed by atoms with Gasteiger partial charge in [0.15, 0.2) is 6.10 Å². The van der Waals surface area contributed by atoms with Gasteiger partial charge in [0, 0.05) is 6.54 Å². The lowest BCUT2D eigenvalue weighted by Crippen LogP contribution is -2.44. The summed E-state index contributed by atoms with van der Waals surface area (Å²) in [7, 11) is 0. The van der Waals surface area contributed by atoms with Crippen molar-refractivity contribution in [1.82, 2.24) is 10.2 Å².